The van der Waals surface area contributed by atoms with Gasteiger partial charge in [-0.1, -0.05) is 13.8 Å². The summed E-state index contributed by atoms with van der Waals surface area (Å²) in [7, 11) is 3.75. The Morgan fingerprint density at radius 3 is 2.23 bits per heavy atom. The molecule has 0 amide bonds. The van der Waals surface area contributed by atoms with E-state index in [-0.39, 0.29) is 5.92 Å². The predicted molar refractivity (Wildman–Crippen MR) is 53.5 cm³/mol. The van der Waals surface area contributed by atoms with E-state index in [9.17, 15) is 5.11 Å². The van der Waals surface area contributed by atoms with Gasteiger partial charge in [-0.15, -0.1) is 0 Å². The minimum atomic E-state index is -0.463. The molecule has 1 atom stereocenters. The van der Waals surface area contributed by atoms with Crippen molar-refractivity contribution < 1.29 is 9.52 Å². The van der Waals surface area contributed by atoms with Gasteiger partial charge in [-0.05, 0) is 32.1 Å². The molecule has 2 N–H and O–H groups in total. The SMILES string of the molecule is CC(C)C(O)c1ccco1.CNC. The van der Waals surface area contributed by atoms with E-state index in [4.69, 9.17) is 4.42 Å². The summed E-state index contributed by atoms with van der Waals surface area (Å²) in [6, 6.07) is 3.56. The van der Waals surface area contributed by atoms with Crippen LogP contribution in [-0.2, 0) is 0 Å². The van der Waals surface area contributed by atoms with E-state index in [0.29, 0.717) is 5.76 Å². The molecule has 0 aliphatic carbocycles. The van der Waals surface area contributed by atoms with Crippen LogP contribution in [0.1, 0.15) is 25.7 Å². The molecule has 0 radical (unpaired) electrons. The second kappa shape index (κ2) is 6.69. The van der Waals surface area contributed by atoms with Crippen LogP contribution in [0.15, 0.2) is 22.8 Å². The van der Waals surface area contributed by atoms with E-state index < -0.39 is 6.10 Å². The monoisotopic (exact) mass is 185 g/mol. The molecule has 1 heterocycles. The molecule has 0 bridgehead atoms. The first kappa shape index (κ1) is 12.2. The number of hydrogen-bond acceptors (Lipinski definition) is 3. The van der Waals surface area contributed by atoms with Gasteiger partial charge in [-0.3, -0.25) is 0 Å². The van der Waals surface area contributed by atoms with E-state index in [1.165, 1.54) is 0 Å². The van der Waals surface area contributed by atoms with Gasteiger partial charge < -0.3 is 14.8 Å². The maximum atomic E-state index is 9.39. The zero-order valence-electron chi connectivity index (χ0n) is 8.74. The molecule has 0 spiro atoms. The lowest BCUT2D eigenvalue weighted by Gasteiger charge is -2.10. The average Bonchev–Trinajstić information content (AvgIpc) is 2.56. The first-order chi connectivity index (χ1) is 6.13. The largest absolute Gasteiger partial charge is 0.467 e. The fourth-order valence-electron chi connectivity index (χ4n) is 0.788. The Balaban J connectivity index is 0.000000424. The normalized spacial score (nSPS) is 12.2. The molecule has 0 aliphatic heterocycles. The average molecular weight is 185 g/mol. The quantitative estimate of drug-likeness (QED) is 0.738. The summed E-state index contributed by atoms with van der Waals surface area (Å²) in [5, 5.41) is 12.1. The van der Waals surface area contributed by atoms with Gasteiger partial charge in [0.25, 0.3) is 0 Å². The van der Waals surface area contributed by atoms with Crippen molar-refractivity contribution in [2.24, 2.45) is 5.92 Å². The van der Waals surface area contributed by atoms with Crippen LogP contribution in [0.2, 0.25) is 0 Å². The van der Waals surface area contributed by atoms with Gasteiger partial charge in [-0.2, -0.15) is 0 Å². The maximum absolute atomic E-state index is 9.39. The topological polar surface area (TPSA) is 45.4 Å². The summed E-state index contributed by atoms with van der Waals surface area (Å²) in [6.07, 6.45) is 1.11. The Morgan fingerprint density at radius 2 is 1.92 bits per heavy atom. The third-order valence-electron chi connectivity index (χ3n) is 1.47. The van der Waals surface area contributed by atoms with Crippen LogP contribution in [0, 0.1) is 5.92 Å². The molecule has 0 aromatic carbocycles. The van der Waals surface area contributed by atoms with E-state index in [1.54, 1.807) is 18.4 Å². The lowest BCUT2D eigenvalue weighted by molar-refractivity contribution is 0.103. The zero-order chi connectivity index (χ0) is 10.3. The highest BCUT2D eigenvalue weighted by atomic mass is 16.4. The molecule has 0 saturated carbocycles. The summed E-state index contributed by atoms with van der Waals surface area (Å²) in [4.78, 5) is 0. The minimum Gasteiger partial charge on any atom is -0.467 e. The minimum absolute atomic E-state index is 0.214. The molecule has 1 aromatic heterocycles. The lowest BCUT2D eigenvalue weighted by atomic mass is 10.1. The van der Waals surface area contributed by atoms with Crippen LogP contribution in [-0.4, -0.2) is 19.2 Å². The van der Waals surface area contributed by atoms with Crippen LogP contribution < -0.4 is 5.32 Å². The summed E-state index contributed by atoms with van der Waals surface area (Å²) < 4.78 is 5.01. The van der Waals surface area contributed by atoms with Crippen molar-refractivity contribution in [2.45, 2.75) is 20.0 Å². The number of aliphatic hydroxyl groups is 1. The first-order valence-corrected chi connectivity index (χ1v) is 4.43. The first-order valence-electron chi connectivity index (χ1n) is 4.43. The van der Waals surface area contributed by atoms with Gasteiger partial charge in [0.05, 0.1) is 6.26 Å². The highest BCUT2D eigenvalue weighted by Gasteiger charge is 2.13. The van der Waals surface area contributed by atoms with Crippen molar-refractivity contribution in [3.63, 3.8) is 0 Å². The van der Waals surface area contributed by atoms with Gasteiger partial charge in [0.1, 0.15) is 11.9 Å². The van der Waals surface area contributed by atoms with Crippen molar-refractivity contribution in [3.05, 3.63) is 24.2 Å². The van der Waals surface area contributed by atoms with Crippen LogP contribution in [0.4, 0.5) is 0 Å². The summed E-state index contributed by atoms with van der Waals surface area (Å²) in [5.74, 6) is 0.862. The van der Waals surface area contributed by atoms with Crippen molar-refractivity contribution in [1.29, 1.82) is 0 Å². The molecule has 0 aliphatic rings. The van der Waals surface area contributed by atoms with Crippen LogP contribution in [0.5, 0.6) is 0 Å². The summed E-state index contributed by atoms with van der Waals surface area (Å²) in [6.45, 7) is 3.90. The molecule has 0 saturated heterocycles. The van der Waals surface area contributed by atoms with Gasteiger partial charge in [0.2, 0.25) is 0 Å². The van der Waals surface area contributed by atoms with Crippen molar-refractivity contribution >= 4 is 0 Å². The fraction of sp³-hybridized carbons (Fsp3) is 0.600. The Hall–Kier alpha value is -0.800. The van der Waals surface area contributed by atoms with Crippen molar-refractivity contribution in [3.8, 4) is 0 Å². The molecule has 76 valence electrons. The van der Waals surface area contributed by atoms with E-state index in [1.807, 2.05) is 27.9 Å². The van der Waals surface area contributed by atoms with Gasteiger partial charge >= 0.3 is 0 Å². The molecule has 3 heteroatoms. The maximum Gasteiger partial charge on any atom is 0.132 e. The number of rotatable bonds is 2. The smallest absolute Gasteiger partial charge is 0.132 e. The number of furan rings is 1. The van der Waals surface area contributed by atoms with E-state index in [0.717, 1.165) is 0 Å². The molecule has 1 unspecified atom stereocenters. The van der Waals surface area contributed by atoms with E-state index in [2.05, 4.69) is 5.32 Å². The Labute approximate surface area is 79.8 Å². The number of aliphatic hydroxyl groups excluding tert-OH is 1. The predicted octanol–water partition coefficient (Wildman–Crippen LogP) is 1.80. The summed E-state index contributed by atoms with van der Waals surface area (Å²) >= 11 is 0. The number of hydrogen-bond donors (Lipinski definition) is 2. The van der Waals surface area contributed by atoms with Crippen LogP contribution in [0.25, 0.3) is 0 Å². The third kappa shape index (κ3) is 4.70. The Bertz CT molecular complexity index is 195. The van der Waals surface area contributed by atoms with Gasteiger partial charge in [0.15, 0.2) is 0 Å². The molecule has 13 heavy (non-hydrogen) atoms. The molecular formula is C10H19NO2. The molecule has 1 aromatic rings. The lowest BCUT2D eigenvalue weighted by Crippen LogP contribution is -2.03. The van der Waals surface area contributed by atoms with E-state index >= 15 is 0 Å². The zero-order valence-corrected chi connectivity index (χ0v) is 8.74. The second-order valence-corrected chi connectivity index (χ2v) is 3.20. The third-order valence-corrected chi connectivity index (χ3v) is 1.47. The van der Waals surface area contributed by atoms with Crippen LogP contribution in [0.3, 0.4) is 0 Å². The van der Waals surface area contributed by atoms with Crippen molar-refractivity contribution in [2.75, 3.05) is 14.1 Å². The Morgan fingerprint density at radius 1 is 1.38 bits per heavy atom. The standard InChI is InChI=1S/C8H12O2.C2H7N/c1-6(2)8(9)7-4-3-5-10-7;1-3-2/h3-6,8-9H,1-2H3;3H,1-2H3. The molecule has 3 nitrogen and oxygen atoms in total. The fourth-order valence-corrected chi connectivity index (χ4v) is 0.788. The van der Waals surface area contributed by atoms with Gasteiger partial charge in [0, 0.05) is 0 Å². The number of nitrogens with one attached hydrogen (secondary N) is 1. The van der Waals surface area contributed by atoms with Gasteiger partial charge in [-0.25, -0.2) is 0 Å². The van der Waals surface area contributed by atoms with Crippen molar-refractivity contribution in [1.82, 2.24) is 5.32 Å². The second-order valence-electron chi connectivity index (χ2n) is 3.20. The Kier molecular flexibility index (Phi) is 6.28. The van der Waals surface area contributed by atoms with Crippen LogP contribution >= 0.6 is 0 Å². The highest BCUT2D eigenvalue weighted by Crippen LogP contribution is 2.20. The molecule has 0 fully saturated rings. The summed E-state index contributed by atoms with van der Waals surface area (Å²) in [5.41, 5.74) is 0. The highest BCUT2D eigenvalue weighted by molar-refractivity contribution is 5.02. The molecule has 1 rings (SSSR count). The molecular weight excluding hydrogens is 166 g/mol.